The fourth-order valence-electron chi connectivity index (χ4n) is 3.01. The van der Waals surface area contributed by atoms with Crippen molar-refractivity contribution in [2.75, 3.05) is 23.8 Å². The van der Waals surface area contributed by atoms with Crippen LogP contribution >= 0.6 is 0 Å². The molecule has 0 aliphatic rings. The zero-order chi connectivity index (χ0) is 24.8. The molecule has 10 heteroatoms. The molecule has 0 saturated carbocycles. The minimum atomic E-state index is -3.65. The van der Waals surface area contributed by atoms with Gasteiger partial charge in [0.2, 0.25) is 16.0 Å². The molecule has 0 atom stereocenters. The first kappa shape index (κ1) is 25.4. The molecule has 2 aromatic carbocycles. The van der Waals surface area contributed by atoms with E-state index in [0.29, 0.717) is 30.6 Å². The van der Waals surface area contributed by atoms with Crippen molar-refractivity contribution in [2.45, 2.75) is 44.6 Å². The Balaban J connectivity index is 1.74. The molecule has 9 nitrogen and oxygen atoms in total. The SMILES string of the molecule is Cc1cnc(Nc2ccc(OCCCN)cc2)nc1Nc1cccc(S(=O)(=O)NC(C)(C)C)c1. The van der Waals surface area contributed by atoms with E-state index < -0.39 is 15.6 Å². The van der Waals surface area contributed by atoms with Gasteiger partial charge in [-0.15, -0.1) is 0 Å². The van der Waals surface area contributed by atoms with Crippen LogP contribution in [0.3, 0.4) is 0 Å². The van der Waals surface area contributed by atoms with Crippen LogP contribution in [-0.4, -0.2) is 37.1 Å². The highest BCUT2D eigenvalue weighted by molar-refractivity contribution is 7.89. The highest BCUT2D eigenvalue weighted by atomic mass is 32.2. The number of hydrogen-bond acceptors (Lipinski definition) is 8. The lowest BCUT2D eigenvalue weighted by Crippen LogP contribution is -2.40. The molecule has 0 saturated heterocycles. The predicted molar refractivity (Wildman–Crippen MR) is 135 cm³/mol. The van der Waals surface area contributed by atoms with Gasteiger partial charge < -0.3 is 21.1 Å². The molecule has 3 aromatic rings. The maximum Gasteiger partial charge on any atom is 0.241 e. The van der Waals surface area contributed by atoms with Crippen LogP contribution in [-0.2, 0) is 10.0 Å². The van der Waals surface area contributed by atoms with Crippen LogP contribution in [0.4, 0.5) is 23.1 Å². The normalized spacial score (nSPS) is 11.8. The maximum atomic E-state index is 12.7. The van der Waals surface area contributed by atoms with E-state index in [9.17, 15) is 8.42 Å². The Hall–Kier alpha value is -3.21. The number of hydrogen-bond donors (Lipinski definition) is 4. The van der Waals surface area contributed by atoms with Crippen LogP contribution in [0, 0.1) is 6.92 Å². The first-order valence-corrected chi connectivity index (χ1v) is 12.5. The summed E-state index contributed by atoms with van der Waals surface area (Å²) in [7, 11) is -3.65. The van der Waals surface area contributed by atoms with Crippen LogP contribution in [0.2, 0.25) is 0 Å². The van der Waals surface area contributed by atoms with Crippen LogP contribution < -0.4 is 25.8 Å². The van der Waals surface area contributed by atoms with E-state index in [1.54, 1.807) is 51.2 Å². The van der Waals surface area contributed by atoms with Gasteiger partial charge in [0.25, 0.3) is 0 Å². The molecule has 182 valence electrons. The summed E-state index contributed by atoms with van der Waals surface area (Å²) in [6, 6.07) is 14.1. The van der Waals surface area contributed by atoms with E-state index >= 15 is 0 Å². The summed E-state index contributed by atoms with van der Waals surface area (Å²) in [6.45, 7) is 8.44. The predicted octanol–water partition coefficient (Wildman–Crippen LogP) is 4.08. The van der Waals surface area contributed by atoms with Crippen molar-refractivity contribution in [3.8, 4) is 5.75 Å². The molecular weight excluding hydrogens is 452 g/mol. The molecule has 0 bridgehead atoms. The minimum absolute atomic E-state index is 0.172. The number of aryl methyl sites for hydroxylation is 1. The van der Waals surface area contributed by atoms with Crippen molar-refractivity contribution in [3.63, 3.8) is 0 Å². The third-order valence-electron chi connectivity index (χ3n) is 4.55. The fourth-order valence-corrected chi connectivity index (χ4v) is 4.47. The zero-order valence-corrected chi connectivity index (χ0v) is 20.7. The summed E-state index contributed by atoms with van der Waals surface area (Å²) in [6.07, 6.45) is 2.50. The van der Waals surface area contributed by atoms with Gasteiger partial charge >= 0.3 is 0 Å². The third-order valence-corrected chi connectivity index (χ3v) is 6.30. The maximum absolute atomic E-state index is 12.7. The highest BCUT2D eigenvalue weighted by Gasteiger charge is 2.22. The van der Waals surface area contributed by atoms with E-state index in [1.165, 1.54) is 0 Å². The molecule has 0 unspecified atom stereocenters. The molecule has 0 fully saturated rings. The molecule has 1 heterocycles. The van der Waals surface area contributed by atoms with Gasteiger partial charge in [0.15, 0.2) is 0 Å². The monoisotopic (exact) mass is 484 g/mol. The number of sulfonamides is 1. The first-order valence-electron chi connectivity index (χ1n) is 11.0. The molecule has 3 rings (SSSR count). The van der Waals surface area contributed by atoms with Crippen LogP contribution in [0.25, 0.3) is 0 Å². The van der Waals surface area contributed by atoms with Gasteiger partial charge in [0.1, 0.15) is 11.6 Å². The van der Waals surface area contributed by atoms with E-state index in [0.717, 1.165) is 23.4 Å². The van der Waals surface area contributed by atoms with Gasteiger partial charge in [-0.3, -0.25) is 0 Å². The highest BCUT2D eigenvalue weighted by Crippen LogP contribution is 2.24. The molecule has 1 aromatic heterocycles. The lowest BCUT2D eigenvalue weighted by Gasteiger charge is -2.20. The largest absolute Gasteiger partial charge is 0.494 e. The third kappa shape index (κ3) is 7.41. The molecule has 0 aliphatic carbocycles. The average molecular weight is 485 g/mol. The number of aromatic nitrogens is 2. The molecular formula is C24H32N6O3S. The van der Waals surface area contributed by atoms with E-state index in [-0.39, 0.29) is 4.90 Å². The van der Waals surface area contributed by atoms with Crippen LogP contribution in [0.1, 0.15) is 32.8 Å². The number of ether oxygens (including phenoxy) is 1. The average Bonchev–Trinajstić information content (AvgIpc) is 2.76. The number of rotatable bonds is 10. The second kappa shape index (κ2) is 10.8. The van der Waals surface area contributed by atoms with Crippen molar-refractivity contribution in [2.24, 2.45) is 5.73 Å². The molecule has 0 amide bonds. The van der Waals surface area contributed by atoms with Crippen molar-refractivity contribution < 1.29 is 13.2 Å². The Morgan fingerprint density at radius 1 is 1.03 bits per heavy atom. The number of nitrogens with one attached hydrogen (secondary N) is 3. The number of benzene rings is 2. The Labute approximate surface area is 201 Å². The lowest BCUT2D eigenvalue weighted by atomic mass is 10.1. The fraction of sp³-hybridized carbons (Fsp3) is 0.333. The van der Waals surface area contributed by atoms with Gasteiger partial charge in [-0.1, -0.05) is 6.07 Å². The molecule has 0 radical (unpaired) electrons. The summed E-state index contributed by atoms with van der Waals surface area (Å²) in [4.78, 5) is 9.07. The summed E-state index contributed by atoms with van der Waals surface area (Å²) in [5, 5.41) is 6.37. The topological polar surface area (TPSA) is 131 Å². The lowest BCUT2D eigenvalue weighted by molar-refractivity contribution is 0.313. The Morgan fingerprint density at radius 3 is 2.44 bits per heavy atom. The van der Waals surface area contributed by atoms with Gasteiger partial charge in [0, 0.05) is 28.7 Å². The van der Waals surface area contributed by atoms with E-state index in [1.807, 2.05) is 31.2 Å². The minimum Gasteiger partial charge on any atom is -0.494 e. The van der Waals surface area contributed by atoms with Gasteiger partial charge in [-0.05, 0) is 83.1 Å². The van der Waals surface area contributed by atoms with Gasteiger partial charge in [-0.25, -0.2) is 18.1 Å². The van der Waals surface area contributed by atoms with Crippen molar-refractivity contribution in [1.82, 2.24) is 14.7 Å². The first-order chi connectivity index (χ1) is 16.1. The van der Waals surface area contributed by atoms with E-state index in [4.69, 9.17) is 10.5 Å². The van der Waals surface area contributed by atoms with Crippen molar-refractivity contribution >= 4 is 33.2 Å². The molecule has 0 spiro atoms. The quantitative estimate of drug-likeness (QED) is 0.317. The second-order valence-corrected chi connectivity index (χ2v) is 10.6. The Morgan fingerprint density at radius 2 is 1.76 bits per heavy atom. The molecule has 0 aliphatic heterocycles. The molecule has 5 N–H and O–H groups in total. The summed E-state index contributed by atoms with van der Waals surface area (Å²) < 4.78 is 33.7. The number of nitrogens with zero attached hydrogens (tertiary/aromatic N) is 2. The van der Waals surface area contributed by atoms with Crippen molar-refractivity contribution in [1.29, 1.82) is 0 Å². The molecule has 34 heavy (non-hydrogen) atoms. The second-order valence-electron chi connectivity index (χ2n) is 8.87. The smallest absolute Gasteiger partial charge is 0.241 e. The van der Waals surface area contributed by atoms with Gasteiger partial charge in [0.05, 0.1) is 11.5 Å². The Bertz CT molecular complexity index is 1210. The Kier molecular flexibility index (Phi) is 8.08. The summed E-state index contributed by atoms with van der Waals surface area (Å²) in [5.41, 5.74) is 7.12. The zero-order valence-electron chi connectivity index (χ0n) is 19.9. The summed E-state index contributed by atoms with van der Waals surface area (Å²) >= 11 is 0. The van der Waals surface area contributed by atoms with Crippen LogP contribution in [0.5, 0.6) is 5.75 Å². The van der Waals surface area contributed by atoms with E-state index in [2.05, 4.69) is 25.3 Å². The number of nitrogens with two attached hydrogens (primary N) is 1. The van der Waals surface area contributed by atoms with Gasteiger partial charge in [-0.2, -0.15) is 4.98 Å². The standard InChI is InChI=1S/C24H32N6O3S/c1-17-16-26-23(28-18-9-11-20(12-10-18)33-14-6-13-25)29-22(17)27-19-7-5-8-21(15-19)34(31,32)30-24(2,3)4/h5,7-12,15-16,30H,6,13-14,25H2,1-4H3,(H2,26,27,28,29). The number of anilines is 4. The van der Waals surface area contributed by atoms with Crippen LogP contribution in [0.15, 0.2) is 59.6 Å². The summed E-state index contributed by atoms with van der Waals surface area (Å²) in [5.74, 6) is 1.74. The van der Waals surface area contributed by atoms with Crippen molar-refractivity contribution in [3.05, 3.63) is 60.3 Å².